The lowest BCUT2D eigenvalue weighted by Gasteiger charge is -2.05. The molecule has 1 aromatic heterocycles. The molecule has 0 saturated heterocycles. The number of nitrogens with zero attached hydrogens (tertiary/aromatic N) is 2. The number of carbonyl (C=O) groups excluding carboxylic acids is 1. The van der Waals surface area contributed by atoms with Crippen LogP contribution in [-0.4, -0.2) is 17.4 Å². The number of rotatable bonds is 4. The van der Waals surface area contributed by atoms with Crippen molar-refractivity contribution in [2.24, 2.45) is 0 Å². The molecule has 1 heterocycles. The summed E-state index contributed by atoms with van der Waals surface area (Å²) < 4.78 is 0. The van der Waals surface area contributed by atoms with E-state index in [1.54, 1.807) is 12.1 Å². The molecule has 1 aromatic carbocycles. The van der Waals surface area contributed by atoms with Crippen LogP contribution in [0.1, 0.15) is 27.2 Å². The smallest absolute Gasteiger partial charge is 0.269 e. The molecule has 1 amide bonds. The molecule has 2 rings (SSSR count). The van der Waals surface area contributed by atoms with Gasteiger partial charge in [-0.2, -0.15) is 5.26 Å². The minimum atomic E-state index is -0.220. The summed E-state index contributed by atoms with van der Waals surface area (Å²) in [6, 6.07) is 13.3. The van der Waals surface area contributed by atoms with Crippen LogP contribution < -0.4 is 5.32 Å². The zero-order chi connectivity index (χ0) is 14.4. The number of nitrogens with one attached hydrogen (secondary N) is 1. The van der Waals surface area contributed by atoms with Gasteiger partial charge in [0.05, 0.1) is 5.56 Å². The lowest BCUT2D eigenvalue weighted by Crippen LogP contribution is -2.26. The highest BCUT2D eigenvalue weighted by molar-refractivity contribution is 5.92. The second-order valence-electron chi connectivity index (χ2n) is 4.54. The van der Waals surface area contributed by atoms with E-state index in [2.05, 4.69) is 16.4 Å². The Bertz CT molecular complexity index is 642. The number of hydrogen-bond acceptors (Lipinski definition) is 3. The Morgan fingerprint density at radius 1 is 1.35 bits per heavy atom. The van der Waals surface area contributed by atoms with E-state index in [-0.39, 0.29) is 5.91 Å². The van der Waals surface area contributed by atoms with Gasteiger partial charge >= 0.3 is 0 Å². The quantitative estimate of drug-likeness (QED) is 0.922. The first kappa shape index (κ1) is 13.8. The van der Waals surface area contributed by atoms with E-state index in [1.165, 1.54) is 17.3 Å². The van der Waals surface area contributed by atoms with Crippen LogP contribution in [0.4, 0.5) is 0 Å². The lowest BCUT2D eigenvalue weighted by atomic mass is 10.1. The van der Waals surface area contributed by atoms with E-state index in [9.17, 15) is 4.79 Å². The summed E-state index contributed by atoms with van der Waals surface area (Å²) >= 11 is 0. The third-order valence-corrected chi connectivity index (χ3v) is 2.91. The van der Waals surface area contributed by atoms with Crippen LogP contribution in [0.5, 0.6) is 0 Å². The van der Waals surface area contributed by atoms with Crippen molar-refractivity contribution in [3.05, 3.63) is 65.0 Å². The molecule has 0 aliphatic heterocycles. The molecule has 0 atom stereocenters. The third kappa shape index (κ3) is 3.66. The molecule has 0 aliphatic carbocycles. The minimum Gasteiger partial charge on any atom is -0.350 e. The predicted octanol–water partition coefficient (Wildman–Crippen LogP) is 2.23. The topological polar surface area (TPSA) is 65.8 Å². The van der Waals surface area contributed by atoms with Crippen LogP contribution in [0.25, 0.3) is 0 Å². The Labute approximate surface area is 118 Å². The number of aryl methyl sites for hydroxylation is 1. The highest BCUT2D eigenvalue weighted by atomic mass is 16.1. The van der Waals surface area contributed by atoms with Crippen LogP contribution in [0.2, 0.25) is 0 Å². The van der Waals surface area contributed by atoms with E-state index in [0.29, 0.717) is 17.8 Å². The molecule has 0 aliphatic rings. The molecule has 1 N–H and O–H groups in total. The van der Waals surface area contributed by atoms with Crippen molar-refractivity contribution in [1.82, 2.24) is 10.3 Å². The van der Waals surface area contributed by atoms with Crippen molar-refractivity contribution in [3.8, 4) is 6.07 Å². The van der Waals surface area contributed by atoms with Gasteiger partial charge in [0, 0.05) is 12.7 Å². The molecular formula is C16H15N3O. The van der Waals surface area contributed by atoms with E-state index >= 15 is 0 Å². The van der Waals surface area contributed by atoms with Crippen molar-refractivity contribution in [1.29, 1.82) is 5.26 Å². The second kappa shape index (κ2) is 6.48. The molecule has 0 radical (unpaired) electrons. The molecule has 2 aromatic rings. The number of amides is 1. The maximum absolute atomic E-state index is 11.8. The molecular weight excluding hydrogens is 250 g/mol. The highest BCUT2D eigenvalue weighted by Crippen LogP contribution is 2.04. The zero-order valence-corrected chi connectivity index (χ0v) is 11.3. The van der Waals surface area contributed by atoms with Crippen LogP contribution >= 0.6 is 0 Å². The number of hydrogen-bond donors (Lipinski definition) is 1. The van der Waals surface area contributed by atoms with Gasteiger partial charge < -0.3 is 5.32 Å². The number of pyridine rings is 1. The maximum atomic E-state index is 11.8. The van der Waals surface area contributed by atoms with Gasteiger partial charge in [-0.05, 0) is 31.0 Å². The third-order valence-electron chi connectivity index (χ3n) is 2.91. The van der Waals surface area contributed by atoms with Gasteiger partial charge in [-0.1, -0.05) is 29.8 Å². The monoisotopic (exact) mass is 265 g/mol. The van der Waals surface area contributed by atoms with Gasteiger partial charge in [-0.25, -0.2) is 4.98 Å². The molecule has 20 heavy (non-hydrogen) atoms. The Kier molecular flexibility index (Phi) is 4.46. The van der Waals surface area contributed by atoms with Gasteiger partial charge in [0.25, 0.3) is 5.91 Å². The average molecular weight is 265 g/mol. The second-order valence-corrected chi connectivity index (χ2v) is 4.54. The number of benzene rings is 1. The molecule has 0 fully saturated rings. The standard InChI is InChI=1S/C16H15N3O/c1-12-3-2-4-13(9-12)7-8-18-16(20)15-6-5-14(10-17)11-19-15/h2-6,9,11H,7-8H2,1H3,(H,18,20). The normalized spacial score (nSPS) is 9.80. The summed E-state index contributed by atoms with van der Waals surface area (Å²) in [5, 5.41) is 11.5. The molecule has 0 saturated carbocycles. The number of nitriles is 1. The Morgan fingerprint density at radius 3 is 2.85 bits per heavy atom. The van der Waals surface area contributed by atoms with E-state index in [1.807, 2.05) is 31.2 Å². The highest BCUT2D eigenvalue weighted by Gasteiger charge is 2.06. The molecule has 0 spiro atoms. The fourth-order valence-corrected chi connectivity index (χ4v) is 1.87. The van der Waals surface area contributed by atoms with Gasteiger partial charge in [0.2, 0.25) is 0 Å². The Morgan fingerprint density at radius 2 is 2.20 bits per heavy atom. The average Bonchev–Trinajstić information content (AvgIpc) is 2.47. The predicted molar refractivity (Wildman–Crippen MR) is 76.2 cm³/mol. The largest absolute Gasteiger partial charge is 0.350 e. The summed E-state index contributed by atoms with van der Waals surface area (Å²) in [7, 11) is 0. The SMILES string of the molecule is Cc1cccc(CCNC(=O)c2ccc(C#N)cn2)c1. The van der Waals surface area contributed by atoms with Crippen molar-refractivity contribution in [3.63, 3.8) is 0 Å². The Hall–Kier alpha value is -2.67. The molecule has 100 valence electrons. The number of carbonyl (C=O) groups is 1. The van der Waals surface area contributed by atoms with Gasteiger partial charge in [-0.3, -0.25) is 4.79 Å². The van der Waals surface area contributed by atoms with Crippen LogP contribution in [0, 0.1) is 18.3 Å². The van der Waals surface area contributed by atoms with Crippen LogP contribution in [0.15, 0.2) is 42.6 Å². The van der Waals surface area contributed by atoms with Crippen LogP contribution in [-0.2, 0) is 6.42 Å². The van der Waals surface area contributed by atoms with Gasteiger partial charge in [-0.15, -0.1) is 0 Å². The fraction of sp³-hybridized carbons (Fsp3) is 0.188. The maximum Gasteiger partial charge on any atom is 0.269 e. The first-order chi connectivity index (χ1) is 9.69. The summed E-state index contributed by atoms with van der Waals surface area (Å²) in [4.78, 5) is 15.8. The molecule has 4 heteroatoms. The van der Waals surface area contributed by atoms with E-state index < -0.39 is 0 Å². The first-order valence-electron chi connectivity index (χ1n) is 6.39. The van der Waals surface area contributed by atoms with Crippen molar-refractivity contribution in [2.45, 2.75) is 13.3 Å². The zero-order valence-electron chi connectivity index (χ0n) is 11.3. The molecule has 0 bridgehead atoms. The van der Waals surface area contributed by atoms with Crippen molar-refractivity contribution >= 4 is 5.91 Å². The van der Waals surface area contributed by atoms with E-state index in [0.717, 1.165) is 6.42 Å². The summed E-state index contributed by atoms with van der Waals surface area (Å²) in [5.74, 6) is -0.220. The van der Waals surface area contributed by atoms with E-state index in [4.69, 9.17) is 5.26 Å². The van der Waals surface area contributed by atoms with Crippen LogP contribution in [0.3, 0.4) is 0 Å². The summed E-state index contributed by atoms with van der Waals surface area (Å²) in [6.45, 7) is 2.60. The Balaban J connectivity index is 1.87. The fourth-order valence-electron chi connectivity index (χ4n) is 1.87. The van der Waals surface area contributed by atoms with Crippen molar-refractivity contribution < 1.29 is 4.79 Å². The first-order valence-corrected chi connectivity index (χ1v) is 6.39. The summed E-state index contributed by atoms with van der Waals surface area (Å²) in [5.41, 5.74) is 3.18. The van der Waals surface area contributed by atoms with Gasteiger partial charge in [0.1, 0.15) is 11.8 Å². The lowest BCUT2D eigenvalue weighted by molar-refractivity contribution is 0.0949. The summed E-state index contributed by atoms with van der Waals surface area (Å²) in [6.07, 6.45) is 2.18. The van der Waals surface area contributed by atoms with Gasteiger partial charge in [0.15, 0.2) is 0 Å². The molecule has 0 unspecified atom stereocenters. The van der Waals surface area contributed by atoms with Crippen molar-refractivity contribution in [2.75, 3.05) is 6.54 Å². The number of aromatic nitrogens is 1. The molecule has 4 nitrogen and oxygen atoms in total. The minimum absolute atomic E-state index is 0.220.